The first kappa shape index (κ1) is 13.3. The molecular weight excluding hydrogens is 240 g/mol. The van der Waals surface area contributed by atoms with Crippen LogP contribution in [0.25, 0.3) is 0 Å². The van der Waals surface area contributed by atoms with E-state index in [0.717, 1.165) is 16.8 Å². The minimum atomic E-state index is -0.118. The minimum absolute atomic E-state index is 0.118. The van der Waals surface area contributed by atoms with Crippen LogP contribution in [0, 0.1) is 6.92 Å². The van der Waals surface area contributed by atoms with Gasteiger partial charge in [-0.2, -0.15) is 5.10 Å². The molecule has 2 rings (SSSR count). The van der Waals surface area contributed by atoms with E-state index in [9.17, 15) is 4.79 Å². The van der Waals surface area contributed by atoms with Crippen molar-refractivity contribution in [3.05, 3.63) is 52.2 Å². The molecule has 0 saturated heterocycles. The molecular formula is C14H18N4O. The van der Waals surface area contributed by atoms with Gasteiger partial charge in [-0.15, -0.1) is 0 Å². The van der Waals surface area contributed by atoms with Crippen LogP contribution in [0.1, 0.15) is 25.0 Å². The van der Waals surface area contributed by atoms with Gasteiger partial charge < -0.3 is 5.32 Å². The third-order valence-corrected chi connectivity index (χ3v) is 2.59. The molecule has 2 aromatic heterocycles. The van der Waals surface area contributed by atoms with E-state index < -0.39 is 0 Å². The molecule has 2 heterocycles. The van der Waals surface area contributed by atoms with Crippen LogP contribution < -0.4 is 10.9 Å². The number of rotatable bonds is 4. The van der Waals surface area contributed by atoms with E-state index in [1.165, 1.54) is 4.68 Å². The molecule has 1 N–H and O–H groups in total. The van der Waals surface area contributed by atoms with Crippen LogP contribution in [0.5, 0.6) is 0 Å². The highest BCUT2D eigenvalue weighted by molar-refractivity contribution is 5.39. The maximum Gasteiger partial charge on any atom is 0.269 e. The van der Waals surface area contributed by atoms with Crippen molar-refractivity contribution in [3.8, 4) is 0 Å². The first-order chi connectivity index (χ1) is 9.04. The lowest BCUT2D eigenvalue weighted by molar-refractivity contribution is 0.637. The summed E-state index contributed by atoms with van der Waals surface area (Å²) in [6.07, 6.45) is 5.21. The summed E-state index contributed by atoms with van der Waals surface area (Å²) in [5.41, 5.74) is 2.67. The maximum atomic E-state index is 12.0. The zero-order valence-electron chi connectivity index (χ0n) is 11.4. The van der Waals surface area contributed by atoms with Gasteiger partial charge in [0.05, 0.1) is 18.4 Å². The molecule has 0 amide bonds. The van der Waals surface area contributed by atoms with Crippen molar-refractivity contribution in [2.45, 2.75) is 33.4 Å². The molecule has 0 aromatic carbocycles. The lowest BCUT2D eigenvalue weighted by Gasteiger charge is -2.10. The van der Waals surface area contributed by atoms with Crippen LogP contribution in [0.3, 0.4) is 0 Å². The largest absolute Gasteiger partial charge is 0.381 e. The van der Waals surface area contributed by atoms with Crippen molar-refractivity contribution in [3.63, 3.8) is 0 Å². The average molecular weight is 258 g/mol. The van der Waals surface area contributed by atoms with Crippen LogP contribution in [0.2, 0.25) is 0 Å². The standard InChI is InChI=1S/C14H18N4O/c1-10(2)17-13-5-14(19)18(16-8-13)9-12-4-11(3)6-15-7-12/h4-8,10,17H,9H2,1-3H3. The van der Waals surface area contributed by atoms with Gasteiger partial charge in [-0.3, -0.25) is 9.78 Å². The third kappa shape index (κ3) is 3.64. The summed E-state index contributed by atoms with van der Waals surface area (Å²) < 4.78 is 1.43. The molecule has 0 aliphatic rings. The predicted octanol–water partition coefficient (Wildman–Crippen LogP) is 1.82. The Kier molecular flexibility index (Phi) is 3.94. The van der Waals surface area contributed by atoms with Gasteiger partial charge in [-0.05, 0) is 31.9 Å². The summed E-state index contributed by atoms with van der Waals surface area (Å²) in [4.78, 5) is 16.1. The molecule has 5 heteroatoms. The van der Waals surface area contributed by atoms with E-state index in [0.29, 0.717) is 6.54 Å². The second kappa shape index (κ2) is 5.65. The van der Waals surface area contributed by atoms with E-state index in [-0.39, 0.29) is 11.6 Å². The third-order valence-electron chi connectivity index (χ3n) is 2.59. The summed E-state index contributed by atoms with van der Waals surface area (Å²) in [5, 5.41) is 7.33. The topological polar surface area (TPSA) is 59.8 Å². The average Bonchev–Trinajstić information content (AvgIpc) is 2.32. The summed E-state index contributed by atoms with van der Waals surface area (Å²) >= 11 is 0. The number of aromatic nitrogens is 3. The Labute approximate surface area is 112 Å². The van der Waals surface area contributed by atoms with Gasteiger partial charge in [0, 0.05) is 24.5 Å². The number of hydrogen-bond donors (Lipinski definition) is 1. The Bertz CT molecular complexity index is 619. The molecule has 0 aliphatic heterocycles. The van der Waals surface area contributed by atoms with Gasteiger partial charge in [-0.1, -0.05) is 6.07 Å². The van der Waals surface area contributed by atoms with Crippen molar-refractivity contribution in [1.29, 1.82) is 0 Å². The fourth-order valence-corrected chi connectivity index (χ4v) is 1.84. The summed E-state index contributed by atoms with van der Waals surface area (Å²) in [6.45, 7) is 6.45. The van der Waals surface area contributed by atoms with Crippen LogP contribution in [0.4, 0.5) is 5.69 Å². The molecule has 2 aromatic rings. The molecule has 0 radical (unpaired) electrons. The summed E-state index contributed by atoms with van der Waals surface area (Å²) in [6, 6.07) is 3.84. The Morgan fingerprint density at radius 2 is 2.05 bits per heavy atom. The van der Waals surface area contributed by atoms with Crippen molar-refractivity contribution >= 4 is 5.69 Å². The van der Waals surface area contributed by atoms with E-state index in [2.05, 4.69) is 15.4 Å². The van der Waals surface area contributed by atoms with E-state index in [1.807, 2.05) is 26.8 Å². The molecule has 0 bridgehead atoms. The monoisotopic (exact) mass is 258 g/mol. The molecule has 100 valence electrons. The van der Waals surface area contributed by atoms with Crippen molar-refractivity contribution in [2.75, 3.05) is 5.32 Å². The first-order valence-electron chi connectivity index (χ1n) is 6.29. The van der Waals surface area contributed by atoms with Crippen LogP contribution >= 0.6 is 0 Å². The van der Waals surface area contributed by atoms with Gasteiger partial charge in [0.25, 0.3) is 5.56 Å². The Morgan fingerprint density at radius 3 is 2.68 bits per heavy atom. The lowest BCUT2D eigenvalue weighted by atomic mass is 10.2. The Morgan fingerprint density at radius 1 is 1.26 bits per heavy atom. The molecule has 0 unspecified atom stereocenters. The second-order valence-corrected chi connectivity index (χ2v) is 4.91. The van der Waals surface area contributed by atoms with Gasteiger partial charge in [0.1, 0.15) is 0 Å². The fourth-order valence-electron chi connectivity index (χ4n) is 1.84. The Hall–Kier alpha value is -2.17. The van der Waals surface area contributed by atoms with Crippen LogP contribution in [-0.2, 0) is 6.54 Å². The lowest BCUT2D eigenvalue weighted by Crippen LogP contribution is -2.24. The second-order valence-electron chi connectivity index (χ2n) is 4.91. The fraction of sp³-hybridized carbons (Fsp3) is 0.357. The molecule has 19 heavy (non-hydrogen) atoms. The normalized spacial score (nSPS) is 10.7. The van der Waals surface area contributed by atoms with Gasteiger partial charge in [0.2, 0.25) is 0 Å². The number of nitrogens with zero attached hydrogens (tertiary/aromatic N) is 3. The SMILES string of the molecule is Cc1cncc(Cn2ncc(NC(C)C)cc2=O)c1. The van der Waals surface area contributed by atoms with Crippen LogP contribution in [0.15, 0.2) is 35.5 Å². The molecule has 0 fully saturated rings. The highest BCUT2D eigenvalue weighted by Crippen LogP contribution is 2.05. The van der Waals surface area contributed by atoms with Crippen LogP contribution in [-0.4, -0.2) is 20.8 Å². The van der Waals surface area contributed by atoms with Crippen molar-refractivity contribution in [1.82, 2.24) is 14.8 Å². The molecule has 0 saturated carbocycles. The Balaban J connectivity index is 2.20. The number of pyridine rings is 1. The highest BCUT2D eigenvalue weighted by atomic mass is 16.1. The quantitative estimate of drug-likeness (QED) is 0.908. The zero-order valence-corrected chi connectivity index (χ0v) is 11.4. The number of nitrogens with one attached hydrogen (secondary N) is 1. The zero-order chi connectivity index (χ0) is 13.8. The van der Waals surface area contributed by atoms with Gasteiger partial charge in [0.15, 0.2) is 0 Å². The number of anilines is 1. The highest BCUT2D eigenvalue weighted by Gasteiger charge is 2.03. The van der Waals surface area contributed by atoms with E-state index >= 15 is 0 Å². The molecule has 5 nitrogen and oxygen atoms in total. The number of aryl methyl sites for hydroxylation is 1. The van der Waals surface area contributed by atoms with Crippen molar-refractivity contribution in [2.24, 2.45) is 0 Å². The number of hydrogen-bond acceptors (Lipinski definition) is 4. The van der Waals surface area contributed by atoms with E-state index in [1.54, 1.807) is 24.7 Å². The maximum absolute atomic E-state index is 12.0. The van der Waals surface area contributed by atoms with Crippen molar-refractivity contribution < 1.29 is 0 Å². The predicted molar refractivity (Wildman–Crippen MR) is 75.3 cm³/mol. The summed E-state index contributed by atoms with van der Waals surface area (Å²) in [5.74, 6) is 0. The minimum Gasteiger partial charge on any atom is -0.381 e. The summed E-state index contributed by atoms with van der Waals surface area (Å²) in [7, 11) is 0. The smallest absolute Gasteiger partial charge is 0.269 e. The van der Waals surface area contributed by atoms with Gasteiger partial charge >= 0.3 is 0 Å². The molecule has 0 atom stereocenters. The molecule has 0 aliphatic carbocycles. The van der Waals surface area contributed by atoms with Gasteiger partial charge in [-0.25, -0.2) is 4.68 Å². The van der Waals surface area contributed by atoms with E-state index in [4.69, 9.17) is 0 Å². The molecule has 0 spiro atoms. The first-order valence-corrected chi connectivity index (χ1v) is 6.29.